The number of aryl methyl sites for hydroxylation is 1. The molecule has 7 nitrogen and oxygen atoms in total. The summed E-state index contributed by atoms with van der Waals surface area (Å²) in [6.45, 7) is 3.20. The lowest BCUT2D eigenvalue weighted by molar-refractivity contribution is -0.185. The second-order valence-corrected chi connectivity index (χ2v) is 9.25. The van der Waals surface area contributed by atoms with E-state index in [1.807, 2.05) is 55.5 Å². The summed E-state index contributed by atoms with van der Waals surface area (Å²) in [5.41, 5.74) is 1.95. The van der Waals surface area contributed by atoms with Gasteiger partial charge in [-0.1, -0.05) is 55.7 Å². The van der Waals surface area contributed by atoms with E-state index in [4.69, 9.17) is 4.84 Å². The monoisotopic (exact) mass is 465 g/mol. The van der Waals surface area contributed by atoms with Crippen LogP contribution in [0, 0.1) is 6.92 Å². The standard InChI is InChI=1S/C25H27N3O4S/c1-16-10-6-8-14-20(16)26-25(31)27-23-22(19-13-7-9-15-21(19)33-23)24(30)28(32-17(2)29)18-11-4-3-5-12-18/h6-10,13-15,18H,3-5,11-12H2,1-2H3,(H2,26,27,31). The average Bonchev–Trinajstić information content (AvgIpc) is 3.16. The number of para-hydroxylation sites is 1. The Kier molecular flexibility index (Phi) is 6.93. The van der Waals surface area contributed by atoms with Gasteiger partial charge in [0.2, 0.25) is 0 Å². The molecule has 0 atom stereocenters. The fraction of sp³-hybridized carbons (Fsp3) is 0.320. The van der Waals surface area contributed by atoms with Crippen molar-refractivity contribution in [2.24, 2.45) is 0 Å². The molecule has 1 fully saturated rings. The summed E-state index contributed by atoms with van der Waals surface area (Å²) in [4.78, 5) is 43.8. The molecule has 2 N–H and O–H groups in total. The highest BCUT2D eigenvalue weighted by molar-refractivity contribution is 7.23. The molecule has 0 unspecified atom stereocenters. The predicted molar refractivity (Wildman–Crippen MR) is 130 cm³/mol. The number of hydroxylamine groups is 2. The number of carbonyl (C=O) groups excluding carboxylic acids is 3. The first-order valence-electron chi connectivity index (χ1n) is 11.1. The summed E-state index contributed by atoms with van der Waals surface area (Å²) in [5.74, 6) is -0.957. The number of thiophene rings is 1. The average molecular weight is 466 g/mol. The molecule has 4 rings (SSSR count). The van der Waals surface area contributed by atoms with Crippen molar-refractivity contribution in [3.05, 3.63) is 59.7 Å². The summed E-state index contributed by atoms with van der Waals surface area (Å²) >= 11 is 1.32. The molecule has 0 saturated heterocycles. The van der Waals surface area contributed by atoms with Gasteiger partial charge in [0.05, 0.1) is 11.6 Å². The fourth-order valence-corrected chi connectivity index (χ4v) is 5.25. The zero-order valence-corrected chi connectivity index (χ0v) is 19.5. The van der Waals surface area contributed by atoms with Crippen LogP contribution in [0.3, 0.4) is 0 Å². The minimum atomic E-state index is -0.541. The van der Waals surface area contributed by atoms with Gasteiger partial charge in [-0.15, -0.1) is 11.3 Å². The van der Waals surface area contributed by atoms with Gasteiger partial charge in [-0.2, -0.15) is 5.06 Å². The maximum atomic E-state index is 13.8. The number of nitrogens with one attached hydrogen (secondary N) is 2. The summed E-state index contributed by atoms with van der Waals surface area (Å²) < 4.78 is 0.860. The number of rotatable bonds is 4. The summed E-state index contributed by atoms with van der Waals surface area (Å²) in [6, 6.07) is 14.3. The van der Waals surface area contributed by atoms with E-state index in [-0.39, 0.29) is 6.04 Å². The topological polar surface area (TPSA) is 87.7 Å². The van der Waals surface area contributed by atoms with Crippen molar-refractivity contribution in [1.29, 1.82) is 0 Å². The Balaban J connectivity index is 1.67. The van der Waals surface area contributed by atoms with Crippen LogP contribution in [-0.2, 0) is 9.63 Å². The van der Waals surface area contributed by atoms with E-state index in [0.717, 1.165) is 42.4 Å². The molecule has 33 heavy (non-hydrogen) atoms. The van der Waals surface area contributed by atoms with Crippen LogP contribution in [-0.4, -0.2) is 29.0 Å². The molecule has 0 spiro atoms. The quantitative estimate of drug-likeness (QED) is 0.455. The smallest absolute Gasteiger partial charge is 0.329 e. The molecular weight excluding hydrogens is 438 g/mol. The largest absolute Gasteiger partial charge is 0.338 e. The van der Waals surface area contributed by atoms with E-state index in [1.165, 1.54) is 23.3 Å². The Morgan fingerprint density at radius 2 is 1.67 bits per heavy atom. The fourth-order valence-electron chi connectivity index (χ4n) is 4.16. The first-order chi connectivity index (χ1) is 15.9. The van der Waals surface area contributed by atoms with Gasteiger partial charge in [-0.05, 0) is 37.5 Å². The molecule has 1 saturated carbocycles. The van der Waals surface area contributed by atoms with Gasteiger partial charge in [0, 0.05) is 22.7 Å². The molecule has 3 amide bonds. The van der Waals surface area contributed by atoms with Crippen molar-refractivity contribution in [3.8, 4) is 0 Å². The van der Waals surface area contributed by atoms with Crippen molar-refractivity contribution in [2.75, 3.05) is 10.6 Å². The van der Waals surface area contributed by atoms with Crippen LogP contribution in [0.1, 0.15) is 54.9 Å². The highest BCUT2D eigenvalue weighted by Gasteiger charge is 2.33. The van der Waals surface area contributed by atoms with Crippen molar-refractivity contribution >= 4 is 50.0 Å². The number of fused-ring (bicyclic) bond motifs is 1. The molecule has 1 aromatic heterocycles. The van der Waals surface area contributed by atoms with Crippen LogP contribution in [0.2, 0.25) is 0 Å². The number of benzene rings is 2. The Morgan fingerprint density at radius 3 is 2.39 bits per heavy atom. The van der Waals surface area contributed by atoms with Gasteiger partial charge in [0.25, 0.3) is 5.91 Å². The SMILES string of the molecule is CC(=O)ON(C(=O)c1c(NC(=O)Nc2ccccc2C)sc2ccccc12)C1CCCCC1. The number of anilines is 2. The van der Waals surface area contributed by atoms with Crippen molar-refractivity contribution < 1.29 is 19.2 Å². The molecule has 1 heterocycles. The summed E-state index contributed by atoms with van der Waals surface area (Å²) in [6.07, 6.45) is 4.61. The number of hydrogen-bond acceptors (Lipinski definition) is 5. The van der Waals surface area contributed by atoms with Crippen molar-refractivity contribution in [1.82, 2.24) is 5.06 Å². The minimum Gasteiger partial charge on any atom is -0.338 e. The highest BCUT2D eigenvalue weighted by Crippen LogP contribution is 2.38. The molecule has 172 valence electrons. The maximum absolute atomic E-state index is 13.8. The number of nitrogens with zero attached hydrogens (tertiary/aromatic N) is 1. The molecule has 3 aromatic rings. The lowest BCUT2D eigenvalue weighted by Gasteiger charge is -2.32. The lowest BCUT2D eigenvalue weighted by atomic mass is 9.95. The Hall–Kier alpha value is -3.39. The van der Waals surface area contributed by atoms with E-state index < -0.39 is 17.9 Å². The lowest BCUT2D eigenvalue weighted by Crippen LogP contribution is -2.42. The van der Waals surface area contributed by atoms with E-state index in [9.17, 15) is 14.4 Å². The molecule has 0 bridgehead atoms. The van der Waals surface area contributed by atoms with Gasteiger partial charge < -0.3 is 10.2 Å². The normalized spacial score (nSPS) is 14.0. The van der Waals surface area contributed by atoms with E-state index in [2.05, 4.69) is 10.6 Å². The Bertz CT molecular complexity index is 1180. The van der Waals surface area contributed by atoms with Crippen molar-refractivity contribution in [2.45, 2.75) is 52.0 Å². The zero-order chi connectivity index (χ0) is 23.4. The summed E-state index contributed by atoms with van der Waals surface area (Å²) in [5, 5.41) is 8.04. The second kappa shape index (κ2) is 10.0. The van der Waals surface area contributed by atoms with Gasteiger partial charge in [-0.25, -0.2) is 4.79 Å². The summed E-state index contributed by atoms with van der Waals surface area (Å²) in [7, 11) is 0. The van der Waals surface area contributed by atoms with E-state index >= 15 is 0 Å². The molecule has 1 aliphatic carbocycles. The van der Waals surface area contributed by atoms with Gasteiger partial charge >= 0.3 is 12.0 Å². The third-order valence-electron chi connectivity index (χ3n) is 5.76. The number of amides is 3. The maximum Gasteiger partial charge on any atom is 0.329 e. The molecule has 2 aromatic carbocycles. The predicted octanol–water partition coefficient (Wildman–Crippen LogP) is 6.11. The van der Waals surface area contributed by atoms with Crippen LogP contribution in [0.4, 0.5) is 15.5 Å². The van der Waals surface area contributed by atoms with Crippen LogP contribution in [0.25, 0.3) is 10.1 Å². The van der Waals surface area contributed by atoms with Gasteiger partial charge in [-0.3, -0.25) is 14.9 Å². The van der Waals surface area contributed by atoms with Gasteiger partial charge in [0.15, 0.2) is 0 Å². The number of urea groups is 1. The van der Waals surface area contributed by atoms with Crippen LogP contribution < -0.4 is 10.6 Å². The number of hydrogen-bond donors (Lipinski definition) is 2. The highest BCUT2D eigenvalue weighted by atomic mass is 32.1. The third-order valence-corrected chi connectivity index (χ3v) is 6.85. The molecule has 0 aliphatic heterocycles. The second-order valence-electron chi connectivity index (χ2n) is 8.20. The van der Waals surface area contributed by atoms with E-state index in [1.54, 1.807) is 0 Å². The van der Waals surface area contributed by atoms with Crippen LogP contribution in [0.5, 0.6) is 0 Å². The van der Waals surface area contributed by atoms with Gasteiger partial charge in [0.1, 0.15) is 5.00 Å². The number of carbonyl (C=O) groups is 3. The minimum absolute atomic E-state index is 0.178. The zero-order valence-electron chi connectivity index (χ0n) is 18.7. The van der Waals surface area contributed by atoms with E-state index in [0.29, 0.717) is 21.6 Å². The first-order valence-corrected chi connectivity index (χ1v) is 11.9. The first kappa shape index (κ1) is 22.8. The molecule has 0 radical (unpaired) electrons. The molecular formula is C25H27N3O4S. The Morgan fingerprint density at radius 1 is 0.970 bits per heavy atom. The van der Waals surface area contributed by atoms with Crippen LogP contribution >= 0.6 is 11.3 Å². The van der Waals surface area contributed by atoms with Crippen LogP contribution in [0.15, 0.2) is 48.5 Å². The molecule has 1 aliphatic rings. The third kappa shape index (κ3) is 5.17. The van der Waals surface area contributed by atoms with Crippen molar-refractivity contribution in [3.63, 3.8) is 0 Å². The molecule has 8 heteroatoms. The Labute approximate surface area is 196 Å².